The van der Waals surface area contributed by atoms with E-state index in [9.17, 15) is 0 Å². The number of benzene rings is 1. The van der Waals surface area contributed by atoms with E-state index in [1.165, 1.54) is 11.3 Å². The van der Waals surface area contributed by atoms with Crippen molar-refractivity contribution in [1.29, 1.82) is 0 Å². The van der Waals surface area contributed by atoms with Gasteiger partial charge in [0.05, 0.1) is 6.54 Å². The Hall–Kier alpha value is -1.39. The van der Waals surface area contributed by atoms with E-state index in [1.807, 2.05) is 0 Å². The normalized spacial score (nSPS) is 17.7. The van der Waals surface area contributed by atoms with Crippen molar-refractivity contribution in [3.05, 3.63) is 29.8 Å². The van der Waals surface area contributed by atoms with Crippen LogP contribution in [0.5, 0.6) is 0 Å². The number of rotatable bonds is 6. The van der Waals surface area contributed by atoms with Gasteiger partial charge in [0.25, 0.3) is 0 Å². The summed E-state index contributed by atoms with van der Waals surface area (Å²) in [6.07, 6.45) is 2.07. The first-order chi connectivity index (χ1) is 9.19. The van der Waals surface area contributed by atoms with Crippen LogP contribution in [-0.4, -0.2) is 32.0 Å². The molecule has 2 rings (SSSR count). The van der Waals surface area contributed by atoms with E-state index in [1.54, 1.807) is 0 Å². The van der Waals surface area contributed by atoms with Gasteiger partial charge >= 0.3 is 0 Å². The molecule has 0 spiro atoms. The summed E-state index contributed by atoms with van der Waals surface area (Å²) in [5.74, 6) is 7.75. The molecule has 4 nitrogen and oxygen atoms in total. The number of quaternary nitrogens is 1. The highest BCUT2D eigenvalue weighted by atomic mass is 15.6. The highest BCUT2D eigenvalue weighted by Crippen LogP contribution is 2.25. The zero-order chi connectivity index (χ0) is 13.7. The van der Waals surface area contributed by atoms with Gasteiger partial charge in [0, 0.05) is 18.2 Å². The largest absolute Gasteiger partial charge is 0.367 e. The number of hydrogen-bond donors (Lipinski definition) is 2. The summed E-state index contributed by atoms with van der Waals surface area (Å²) >= 11 is 0. The standard InChI is InChI=1S/C15H25N4/c1-3-11-19(16,12-15-17-9-10-18-15)14-8-6-5-7-13(14)4-2/h5-8H,3-4,9-12,16H2,1-2H3,(H,17,18)/q+1. The lowest BCUT2D eigenvalue weighted by atomic mass is 10.1. The molecule has 0 bridgehead atoms. The van der Waals surface area contributed by atoms with Gasteiger partial charge in [0.1, 0.15) is 6.54 Å². The lowest BCUT2D eigenvalue weighted by molar-refractivity contribution is 0.315. The molecule has 0 saturated carbocycles. The third-order valence-electron chi connectivity index (χ3n) is 3.65. The number of amidine groups is 1. The molecule has 4 heteroatoms. The summed E-state index contributed by atoms with van der Waals surface area (Å²) in [6, 6.07) is 8.50. The third-order valence-corrected chi connectivity index (χ3v) is 3.65. The smallest absolute Gasteiger partial charge is 0.159 e. The van der Waals surface area contributed by atoms with Crippen molar-refractivity contribution in [2.45, 2.75) is 26.7 Å². The molecule has 1 aliphatic heterocycles. The summed E-state index contributed by atoms with van der Waals surface area (Å²) in [5, 5.41) is 3.33. The van der Waals surface area contributed by atoms with Crippen molar-refractivity contribution in [3.8, 4) is 0 Å². The minimum Gasteiger partial charge on any atom is -0.367 e. The molecule has 0 aromatic heterocycles. The van der Waals surface area contributed by atoms with Crippen LogP contribution in [0, 0.1) is 0 Å². The predicted octanol–water partition coefficient (Wildman–Crippen LogP) is 1.84. The number of aryl methyl sites for hydroxylation is 1. The second-order valence-electron chi connectivity index (χ2n) is 5.15. The van der Waals surface area contributed by atoms with Crippen LogP contribution < -0.4 is 15.8 Å². The maximum atomic E-state index is 6.70. The Bertz CT molecular complexity index is 455. The fraction of sp³-hybridized carbons (Fsp3) is 0.533. The van der Waals surface area contributed by atoms with Crippen LogP contribution in [0.1, 0.15) is 25.8 Å². The summed E-state index contributed by atoms with van der Waals surface area (Å²) in [5.41, 5.74) is 2.56. The summed E-state index contributed by atoms with van der Waals surface area (Å²) in [4.78, 5) is 4.49. The molecule has 0 fully saturated rings. The van der Waals surface area contributed by atoms with E-state index < -0.39 is 0 Å². The third kappa shape index (κ3) is 3.14. The van der Waals surface area contributed by atoms with Gasteiger partial charge in [0.15, 0.2) is 18.1 Å². The van der Waals surface area contributed by atoms with Gasteiger partial charge in [-0.25, -0.2) is 4.59 Å². The SMILES string of the molecule is CCC[N+](N)(CC1=NCCN1)c1ccccc1CC. The van der Waals surface area contributed by atoms with Crippen molar-refractivity contribution in [1.82, 2.24) is 9.91 Å². The van der Waals surface area contributed by atoms with Gasteiger partial charge in [-0.2, -0.15) is 5.84 Å². The summed E-state index contributed by atoms with van der Waals surface area (Å²) in [6.45, 7) is 7.86. The van der Waals surface area contributed by atoms with Crippen molar-refractivity contribution in [2.24, 2.45) is 10.8 Å². The highest BCUT2D eigenvalue weighted by molar-refractivity contribution is 5.87. The molecule has 1 unspecified atom stereocenters. The Labute approximate surface area is 115 Å². The zero-order valence-electron chi connectivity index (χ0n) is 12.0. The maximum absolute atomic E-state index is 6.70. The molecular weight excluding hydrogens is 236 g/mol. The van der Waals surface area contributed by atoms with E-state index in [4.69, 9.17) is 5.84 Å². The molecule has 3 N–H and O–H groups in total. The summed E-state index contributed by atoms with van der Waals surface area (Å²) in [7, 11) is 0. The maximum Gasteiger partial charge on any atom is 0.159 e. The molecule has 0 radical (unpaired) electrons. The fourth-order valence-corrected chi connectivity index (χ4v) is 2.75. The van der Waals surface area contributed by atoms with Gasteiger partial charge in [-0.05, 0) is 12.8 Å². The number of aliphatic imine (C=N–C) groups is 1. The van der Waals surface area contributed by atoms with Gasteiger partial charge in [-0.1, -0.05) is 32.0 Å². The molecule has 0 saturated heterocycles. The topological polar surface area (TPSA) is 50.4 Å². The van der Waals surface area contributed by atoms with E-state index in [0.29, 0.717) is 4.59 Å². The first-order valence-electron chi connectivity index (χ1n) is 7.21. The number of nitrogens with two attached hydrogens (primary N) is 1. The van der Waals surface area contributed by atoms with Crippen LogP contribution in [-0.2, 0) is 6.42 Å². The molecule has 1 atom stereocenters. The Morgan fingerprint density at radius 2 is 2.11 bits per heavy atom. The lowest BCUT2D eigenvalue weighted by Crippen LogP contribution is -2.60. The van der Waals surface area contributed by atoms with Crippen LogP contribution in [0.3, 0.4) is 0 Å². The van der Waals surface area contributed by atoms with Gasteiger partial charge in [0.2, 0.25) is 0 Å². The Morgan fingerprint density at radius 3 is 2.74 bits per heavy atom. The van der Waals surface area contributed by atoms with Crippen LogP contribution in [0.15, 0.2) is 29.3 Å². The minimum absolute atomic E-state index is 0.451. The van der Waals surface area contributed by atoms with Crippen LogP contribution in [0.4, 0.5) is 5.69 Å². The summed E-state index contributed by atoms with van der Waals surface area (Å²) < 4.78 is 0.451. The van der Waals surface area contributed by atoms with E-state index in [0.717, 1.165) is 44.9 Å². The minimum atomic E-state index is 0.451. The second-order valence-corrected chi connectivity index (χ2v) is 5.15. The Morgan fingerprint density at radius 1 is 1.32 bits per heavy atom. The quantitative estimate of drug-likeness (QED) is 0.466. The van der Waals surface area contributed by atoms with Crippen molar-refractivity contribution >= 4 is 11.5 Å². The van der Waals surface area contributed by atoms with E-state index in [2.05, 4.69) is 48.4 Å². The van der Waals surface area contributed by atoms with Crippen molar-refractivity contribution in [2.75, 3.05) is 26.2 Å². The molecule has 1 aromatic carbocycles. The average molecular weight is 261 g/mol. The predicted molar refractivity (Wildman–Crippen MR) is 82.1 cm³/mol. The van der Waals surface area contributed by atoms with Crippen molar-refractivity contribution in [3.63, 3.8) is 0 Å². The Balaban J connectivity index is 2.31. The Kier molecular flexibility index (Phi) is 4.56. The molecule has 19 heavy (non-hydrogen) atoms. The zero-order valence-corrected chi connectivity index (χ0v) is 12.0. The number of para-hydroxylation sites is 1. The van der Waals surface area contributed by atoms with Crippen LogP contribution in [0.25, 0.3) is 0 Å². The molecular formula is C15H25N4+. The lowest BCUT2D eigenvalue weighted by Gasteiger charge is -2.33. The number of nitrogens with one attached hydrogen (secondary N) is 1. The molecule has 0 amide bonds. The number of nitrogens with zero attached hydrogens (tertiary/aromatic N) is 2. The molecule has 1 aliphatic rings. The van der Waals surface area contributed by atoms with Crippen LogP contribution in [0.2, 0.25) is 0 Å². The van der Waals surface area contributed by atoms with Crippen LogP contribution >= 0.6 is 0 Å². The van der Waals surface area contributed by atoms with Gasteiger partial charge in [-0.15, -0.1) is 0 Å². The fourth-order valence-electron chi connectivity index (χ4n) is 2.75. The average Bonchev–Trinajstić information content (AvgIpc) is 2.91. The highest BCUT2D eigenvalue weighted by Gasteiger charge is 2.30. The van der Waals surface area contributed by atoms with E-state index in [-0.39, 0.29) is 0 Å². The monoisotopic (exact) mass is 261 g/mol. The first kappa shape index (κ1) is 14.0. The molecule has 104 valence electrons. The molecule has 1 heterocycles. The van der Waals surface area contributed by atoms with E-state index >= 15 is 0 Å². The van der Waals surface area contributed by atoms with Gasteiger partial charge < -0.3 is 5.32 Å². The van der Waals surface area contributed by atoms with Crippen molar-refractivity contribution < 1.29 is 0 Å². The molecule has 0 aliphatic carbocycles. The molecule has 1 aromatic rings. The van der Waals surface area contributed by atoms with Gasteiger partial charge in [-0.3, -0.25) is 4.99 Å². The number of hydrogen-bond acceptors (Lipinski definition) is 3. The first-order valence-corrected chi connectivity index (χ1v) is 7.21. The second kappa shape index (κ2) is 6.17.